The van der Waals surface area contributed by atoms with Crippen molar-refractivity contribution in [1.29, 1.82) is 0 Å². The van der Waals surface area contributed by atoms with Crippen LogP contribution in [0.1, 0.15) is 34.6 Å². The summed E-state index contributed by atoms with van der Waals surface area (Å²) < 4.78 is 0. The molecule has 0 aromatic heterocycles. The normalized spacial score (nSPS) is 12.8. The molecule has 1 nitrogen and oxygen atoms in total. The monoisotopic (exact) mass is 229 g/mol. The van der Waals surface area contributed by atoms with Crippen LogP contribution in [0.2, 0.25) is 0 Å². The Morgan fingerprint density at radius 1 is 1.00 bits per heavy atom. The van der Waals surface area contributed by atoms with Gasteiger partial charge in [0.05, 0.1) is 0 Å². The van der Waals surface area contributed by atoms with Gasteiger partial charge in [0, 0.05) is 11.9 Å². The molecule has 0 atom stereocenters. The van der Waals surface area contributed by atoms with Crippen LogP contribution < -0.4 is 0 Å². The van der Waals surface area contributed by atoms with Gasteiger partial charge in [-0.15, -0.1) is 0 Å². The Balaban J connectivity index is 5.32. The first-order valence-electron chi connectivity index (χ1n) is 5.75. The van der Waals surface area contributed by atoms with Crippen LogP contribution in [0, 0.1) is 0 Å². The zero-order valence-electron chi connectivity index (χ0n) is 11.7. The fourth-order valence-electron chi connectivity index (χ4n) is 1.21. The van der Waals surface area contributed by atoms with Crippen LogP contribution in [0.3, 0.4) is 0 Å². The highest BCUT2D eigenvalue weighted by atomic mass is 14.7. The standard InChI is InChI=1S/C16H23N/c1-8-15(11-17-14(6)7)16(13(4)5)10-9-12(2)3/h8-11H,4,6H2,1-3,5,7H3/b15-8+,16-10+,17-11-. The summed E-state index contributed by atoms with van der Waals surface area (Å²) in [6.45, 7) is 17.8. The lowest BCUT2D eigenvalue weighted by Gasteiger charge is -2.07. The van der Waals surface area contributed by atoms with Crippen molar-refractivity contribution in [2.24, 2.45) is 4.99 Å². The van der Waals surface area contributed by atoms with Crippen molar-refractivity contribution < 1.29 is 0 Å². The van der Waals surface area contributed by atoms with E-state index in [0.717, 1.165) is 22.4 Å². The maximum Gasteiger partial charge on any atom is 0.0346 e. The molecule has 17 heavy (non-hydrogen) atoms. The zero-order valence-corrected chi connectivity index (χ0v) is 11.7. The molecule has 0 heterocycles. The van der Waals surface area contributed by atoms with E-state index in [-0.39, 0.29) is 0 Å². The van der Waals surface area contributed by atoms with Crippen LogP contribution in [0.25, 0.3) is 0 Å². The third kappa shape index (κ3) is 6.52. The van der Waals surface area contributed by atoms with Gasteiger partial charge in [0.25, 0.3) is 0 Å². The van der Waals surface area contributed by atoms with Crippen molar-refractivity contribution >= 4 is 6.21 Å². The van der Waals surface area contributed by atoms with Crippen LogP contribution in [-0.2, 0) is 0 Å². The second kappa shape index (κ2) is 7.61. The molecule has 0 saturated heterocycles. The van der Waals surface area contributed by atoms with E-state index in [9.17, 15) is 0 Å². The minimum absolute atomic E-state index is 0.799. The summed E-state index contributed by atoms with van der Waals surface area (Å²) in [6, 6.07) is 0. The Bertz CT molecular complexity index is 411. The summed E-state index contributed by atoms with van der Waals surface area (Å²) >= 11 is 0. The molecular weight excluding hydrogens is 206 g/mol. The average molecular weight is 229 g/mol. The van der Waals surface area contributed by atoms with Gasteiger partial charge in [-0.05, 0) is 45.8 Å². The SMILES string of the molecule is C=C(C)\N=C/C(=C\C)C(=C/C=C(C)C)/C(=C)C. The quantitative estimate of drug-likeness (QED) is 0.464. The van der Waals surface area contributed by atoms with Gasteiger partial charge < -0.3 is 0 Å². The van der Waals surface area contributed by atoms with Gasteiger partial charge in [-0.25, -0.2) is 0 Å². The van der Waals surface area contributed by atoms with Crippen molar-refractivity contribution in [3.63, 3.8) is 0 Å². The molecule has 0 aliphatic heterocycles. The van der Waals surface area contributed by atoms with E-state index in [1.54, 1.807) is 0 Å². The smallest absolute Gasteiger partial charge is 0.0346 e. The van der Waals surface area contributed by atoms with Gasteiger partial charge in [0.2, 0.25) is 0 Å². The van der Waals surface area contributed by atoms with E-state index in [1.165, 1.54) is 5.57 Å². The zero-order chi connectivity index (χ0) is 13.4. The summed E-state index contributed by atoms with van der Waals surface area (Å²) in [5.74, 6) is 0. The number of hydrogen-bond acceptors (Lipinski definition) is 1. The van der Waals surface area contributed by atoms with Crippen LogP contribution >= 0.6 is 0 Å². The molecule has 0 rings (SSSR count). The topological polar surface area (TPSA) is 12.4 Å². The lowest BCUT2D eigenvalue weighted by molar-refractivity contribution is 1.32. The largest absolute Gasteiger partial charge is 0.262 e. The lowest BCUT2D eigenvalue weighted by atomic mass is 9.99. The van der Waals surface area contributed by atoms with Crippen molar-refractivity contribution in [3.05, 3.63) is 59.4 Å². The minimum atomic E-state index is 0.799. The molecule has 0 aromatic carbocycles. The first kappa shape index (κ1) is 15.4. The Morgan fingerprint density at radius 3 is 1.94 bits per heavy atom. The van der Waals surface area contributed by atoms with Crippen LogP contribution in [-0.4, -0.2) is 6.21 Å². The lowest BCUT2D eigenvalue weighted by Crippen LogP contribution is -1.93. The van der Waals surface area contributed by atoms with Crippen LogP contribution in [0.5, 0.6) is 0 Å². The van der Waals surface area contributed by atoms with E-state index < -0.39 is 0 Å². The number of rotatable bonds is 5. The van der Waals surface area contributed by atoms with E-state index >= 15 is 0 Å². The second-order valence-corrected chi connectivity index (χ2v) is 4.34. The number of nitrogens with zero attached hydrogens (tertiary/aromatic N) is 1. The van der Waals surface area contributed by atoms with Gasteiger partial charge in [-0.2, -0.15) is 0 Å². The fourth-order valence-corrected chi connectivity index (χ4v) is 1.21. The molecule has 0 aliphatic rings. The van der Waals surface area contributed by atoms with Gasteiger partial charge in [0.15, 0.2) is 0 Å². The Labute approximate surface area is 106 Å². The van der Waals surface area contributed by atoms with Crippen molar-refractivity contribution in [3.8, 4) is 0 Å². The summed E-state index contributed by atoms with van der Waals surface area (Å²) in [5.41, 5.74) is 5.27. The molecule has 0 N–H and O–H groups in total. The highest BCUT2D eigenvalue weighted by Gasteiger charge is 2.01. The fraction of sp³-hybridized carbons (Fsp3) is 0.312. The molecule has 0 aliphatic carbocycles. The van der Waals surface area contributed by atoms with E-state index in [0.29, 0.717) is 0 Å². The molecule has 0 amide bonds. The average Bonchev–Trinajstić information content (AvgIpc) is 2.21. The van der Waals surface area contributed by atoms with Crippen molar-refractivity contribution in [1.82, 2.24) is 0 Å². The highest BCUT2D eigenvalue weighted by molar-refractivity contribution is 5.87. The number of aliphatic imine (C=N–C) groups is 1. The van der Waals surface area contributed by atoms with E-state index in [1.807, 2.05) is 33.1 Å². The van der Waals surface area contributed by atoms with Gasteiger partial charge in [-0.3, -0.25) is 4.99 Å². The summed E-state index contributed by atoms with van der Waals surface area (Å²) in [6.07, 6.45) is 8.03. The summed E-state index contributed by atoms with van der Waals surface area (Å²) in [5, 5.41) is 0. The first-order valence-corrected chi connectivity index (χ1v) is 5.75. The Hall–Kier alpha value is -1.63. The Kier molecular flexibility index (Phi) is 6.88. The molecule has 1 heteroatoms. The maximum atomic E-state index is 4.24. The first-order chi connectivity index (χ1) is 7.88. The van der Waals surface area contributed by atoms with Crippen LogP contribution in [0.4, 0.5) is 0 Å². The van der Waals surface area contributed by atoms with Gasteiger partial charge in [-0.1, -0.05) is 42.5 Å². The third-order valence-electron chi connectivity index (χ3n) is 2.09. The summed E-state index contributed by atoms with van der Waals surface area (Å²) in [4.78, 5) is 4.24. The molecule has 0 radical (unpaired) electrons. The molecule has 92 valence electrons. The molecule has 0 spiro atoms. The minimum Gasteiger partial charge on any atom is -0.262 e. The second-order valence-electron chi connectivity index (χ2n) is 4.34. The molecule has 0 bridgehead atoms. The summed E-state index contributed by atoms with van der Waals surface area (Å²) in [7, 11) is 0. The number of hydrogen-bond donors (Lipinski definition) is 0. The van der Waals surface area contributed by atoms with Gasteiger partial charge in [0.1, 0.15) is 0 Å². The predicted molar refractivity (Wildman–Crippen MR) is 79.4 cm³/mol. The maximum absolute atomic E-state index is 4.24. The van der Waals surface area contributed by atoms with E-state index in [4.69, 9.17) is 0 Å². The molecule has 0 fully saturated rings. The molecule has 0 unspecified atom stereocenters. The molecular formula is C16H23N. The van der Waals surface area contributed by atoms with Crippen molar-refractivity contribution in [2.75, 3.05) is 0 Å². The predicted octanol–water partition coefficient (Wildman–Crippen LogP) is 5.01. The van der Waals surface area contributed by atoms with Crippen molar-refractivity contribution in [2.45, 2.75) is 34.6 Å². The number of allylic oxidation sites excluding steroid dienone is 8. The van der Waals surface area contributed by atoms with Gasteiger partial charge >= 0.3 is 0 Å². The highest BCUT2D eigenvalue weighted by Crippen LogP contribution is 2.17. The molecule has 0 aromatic rings. The third-order valence-corrected chi connectivity index (χ3v) is 2.09. The van der Waals surface area contributed by atoms with Crippen LogP contribution in [0.15, 0.2) is 64.4 Å². The molecule has 0 saturated carbocycles. The van der Waals surface area contributed by atoms with E-state index in [2.05, 4.69) is 44.1 Å². The Morgan fingerprint density at radius 2 is 1.59 bits per heavy atom.